The van der Waals surface area contributed by atoms with E-state index in [-0.39, 0.29) is 24.4 Å². The van der Waals surface area contributed by atoms with E-state index in [1.54, 1.807) is 18.2 Å². The van der Waals surface area contributed by atoms with Gasteiger partial charge in [0.2, 0.25) is 11.8 Å². The Kier molecular flexibility index (Phi) is 5.47. The summed E-state index contributed by atoms with van der Waals surface area (Å²) in [5.41, 5.74) is 6.71. The number of benzene rings is 3. The fraction of sp³-hybridized carbons (Fsp3) is 0.0952. The van der Waals surface area contributed by atoms with Crippen molar-refractivity contribution in [2.24, 2.45) is 5.73 Å². The van der Waals surface area contributed by atoms with Crippen LogP contribution in [-0.2, 0) is 16.0 Å². The molecule has 0 fully saturated rings. The van der Waals surface area contributed by atoms with Gasteiger partial charge in [0.05, 0.1) is 24.2 Å². The molecule has 27 heavy (non-hydrogen) atoms. The Morgan fingerprint density at radius 2 is 1.52 bits per heavy atom. The number of carbonyl (C=O) groups excluding carboxylic acids is 3. The van der Waals surface area contributed by atoms with Gasteiger partial charge >= 0.3 is 0 Å². The third-order valence-electron chi connectivity index (χ3n) is 4.14. The molecule has 0 aromatic heterocycles. The van der Waals surface area contributed by atoms with Gasteiger partial charge in [-0.05, 0) is 28.5 Å². The summed E-state index contributed by atoms with van der Waals surface area (Å²) in [7, 11) is 0. The van der Waals surface area contributed by atoms with Crippen LogP contribution in [-0.4, -0.2) is 24.3 Å². The lowest BCUT2D eigenvalue weighted by atomic mass is 10.0. The molecule has 6 nitrogen and oxygen atoms in total. The van der Waals surface area contributed by atoms with Crippen molar-refractivity contribution in [3.8, 4) is 0 Å². The maximum Gasteiger partial charge on any atom is 0.250 e. The van der Waals surface area contributed by atoms with E-state index in [0.29, 0.717) is 5.69 Å². The van der Waals surface area contributed by atoms with Crippen LogP contribution in [0.1, 0.15) is 15.9 Å². The second-order valence-corrected chi connectivity index (χ2v) is 6.05. The Morgan fingerprint density at radius 3 is 2.33 bits per heavy atom. The molecule has 0 unspecified atom stereocenters. The minimum atomic E-state index is -0.633. The summed E-state index contributed by atoms with van der Waals surface area (Å²) < 4.78 is 0. The van der Waals surface area contributed by atoms with E-state index >= 15 is 0 Å². The predicted octanol–water partition coefficient (Wildman–Crippen LogP) is 2.24. The SMILES string of the molecule is NC(=O)c1ccccc1NC(=O)CNC(=O)Cc1cccc2ccccc12. The van der Waals surface area contributed by atoms with Crippen molar-refractivity contribution in [2.75, 3.05) is 11.9 Å². The summed E-state index contributed by atoms with van der Waals surface area (Å²) in [6.45, 7) is -0.198. The van der Waals surface area contributed by atoms with Gasteiger partial charge < -0.3 is 16.4 Å². The number of anilines is 1. The van der Waals surface area contributed by atoms with E-state index in [1.165, 1.54) is 6.07 Å². The normalized spacial score (nSPS) is 10.4. The predicted molar refractivity (Wildman–Crippen MR) is 104 cm³/mol. The monoisotopic (exact) mass is 361 g/mol. The quantitative estimate of drug-likeness (QED) is 0.627. The van der Waals surface area contributed by atoms with Crippen LogP contribution in [0.4, 0.5) is 5.69 Å². The van der Waals surface area contributed by atoms with Crippen molar-refractivity contribution in [1.82, 2.24) is 5.32 Å². The molecule has 3 amide bonds. The molecule has 6 heteroatoms. The number of hydrogen-bond acceptors (Lipinski definition) is 3. The van der Waals surface area contributed by atoms with Crippen LogP contribution in [0.25, 0.3) is 10.8 Å². The third-order valence-corrected chi connectivity index (χ3v) is 4.14. The van der Waals surface area contributed by atoms with Gasteiger partial charge in [-0.2, -0.15) is 0 Å². The second kappa shape index (κ2) is 8.14. The van der Waals surface area contributed by atoms with Crippen molar-refractivity contribution in [1.29, 1.82) is 0 Å². The molecule has 136 valence electrons. The van der Waals surface area contributed by atoms with Crippen LogP contribution in [0.5, 0.6) is 0 Å². The molecule has 4 N–H and O–H groups in total. The molecule has 0 spiro atoms. The van der Waals surface area contributed by atoms with Crippen LogP contribution in [0.3, 0.4) is 0 Å². The largest absolute Gasteiger partial charge is 0.366 e. The van der Waals surface area contributed by atoms with Crippen LogP contribution >= 0.6 is 0 Å². The molecule has 0 atom stereocenters. The highest BCUT2D eigenvalue weighted by Crippen LogP contribution is 2.19. The highest BCUT2D eigenvalue weighted by molar-refractivity contribution is 6.04. The maximum absolute atomic E-state index is 12.2. The van der Waals surface area contributed by atoms with Crippen molar-refractivity contribution >= 4 is 34.2 Å². The number of amides is 3. The first-order valence-electron chi connectivity index (χ1n) is 8.46. The summed E-state index contributed by atoms with van der Waals surface area (Å²) in [6.07, 6.45) is 0.173. The van der Waals surface area contributed by atoms with Crippen LogP contribution in [0, 0.1) is 0 Å². The van der Waals surface area contributed by atoms with Crippen molar-refractivity contribution in [2.45, 2.75) is 6.42 Å². The van der Waals surface area contributed by atoms with Gasteiger partial charge in [-0.25, -0.2) is 0 Å². The van der Waals surface area contributed by atoms with Crippen molar-refractivity contribution < 1.29 is 14.4 Å². The Labute approximate surface area is 156 Å². The topological polar surface area (TPSA) is 101 Å². The second-order valence-electron chi connectivity index (χ2n) is 6.05. The fourth-order valence-electron chi connectivity index (χ4n) is 2.86. The third kappa shape index (κ3) is 4.49. The van der Waals surface area contributed by atoms with Crippen molar-refractivity contribution in [3.05, 3.63) is 77.9 Å². The van der Waals surface area contributed by atoms with E-state index in [1.807, 2.05) is 42.5 Å². The Morgan fingerprint density at radius 1 is 0.815 bits per heavy atom. The van der Waals surface area contributed by atoms with Gasteiger partial charge in [0.15, 0.2) is 0 Å². The van der Waals surface area contributed by atoms with E-state index in [2.05, 4.69) is 10.6 Å². The number of nitrogens with two attached hydrogens (primary N) is 1. The lowest BCUT2D eigenvalue weighted by Gasteiger charge is -2.10. The van der Waals surface area contributed by atoms with Gasteiger partial charge in [0, 0.05) is 0 Å². The molecular formula is C21H19N3O3. The first kappa shape index (κ1) is 18.1. The molecule has 0 aliphatic heterocycles. The molecule has 0 aliphatic carbocycles. The maximum atomic E-state index is 12.2. The van der Waals surface area contributed by atoms with E-state index in [0.717, 1.165) is 16.3 Å². The minimum Gasteiger partial charge on any atom is -0.366 e. The van der Waals surface area contributed by atoms with Gasteiger partial charge in [-0.1, -0.05) is 54.6 Å². The van der Waals surface area contributed by atoms with Crippen LogP contribution in [0.15, 0.2) is 66.7 Å². The Balaban J connectivity index is 1.59. The highest BCUT2D eigenvalue weighted by Gasteiger charge is 2.12. The highest BCUT2D eigenvalue weighted by atomic mass is 16.2. The van der Waals surface area contributed by atoms with Crippen LogP contribution < -0.4 is 16.4 Å². The molecule has 3 aromatic rings. The molecular weight excluding hydrogens is 342 g/mol. The zero-order valence-electron chi connectivity index (χ0n) is 14.6. The zero-order valence-corrected chi connectivity index (χ0v) is 14.6. The summed E-state index contributed by atoms with van der Waals surface area (Å²) in [5.74, 6) is -1.33. The lowest BCUT2D eigenvalue weighted by Crippen LogP contribution is -2.34. The van der Waals surface area contributed by atoms with E-state index in [9.17, 15) is 14.4 Å². The van der Waals surface area contributed by atoms with Gasteiger partial charge in [-0.3, -0.25) is 14.4 Å². The van der Waals surface area contributed by atoms with E-state index in [4.69, 9.17) is 5.73 Å². The van der Waals surface area contributed by atoms with Gasteiger partial charge in [-0.15, -0.1) is 0 Å². The summed E-state index contributed by atoms with van der Waals surface area (Å²) >= 11 is 0. The first-order chi connectivity index (χ1) is 13.0. The number of para-hydroxylation sites is 1. The molecule has 0 saturated heterocycles. The number of fused-ring (bicyclic) bond motifs is 1. The standard InChI is InChI=1S/C21H19N3O3/c22-21(27)17-10-3-4-11-18(17)24-20(26)13-23-19(25)12-15-8-5-7-14-6-1-2-9-16(14)15/h1-11H,12-13H2,(H2,22,27)(H,23,25)(H,24,26). The first-order valence-corrected chi connectivity index (χ1v) is 8.46. The van der Waals surface area contributed by atoms with Gasteiger partial charge in [0.1, 0.15) is 0 Å². The molecule has 0 aliphatic rings. The number of primary amides is 1. The number of nitrogens with one attached hydrogen (secondary N) is 2. The van der Waals surface area contributed by atoms with Crippen LogP contribution in [0.2, 0.25) is 0 Å². The number of carbonyl (C=O) groups is 3. The molecule has 0 heterocycles. The average molecular weight is 361 g/mol. The smallest absolute Gasteiger partial charge is 0.250 e. The molecule has 3 aromatic carbocycles. The molecule has 0 radical (unpaired) electrons. The van der Waals surface area contributed by atoms with E-state index < -0.39 is 11.8 Å². The zero-order chi connectivity index (χ0) is 19.2. The van der Waals surface area contributed by atoms with Gasteiger partial charge in [0.25, 0.3) is 5.91 Å². The van der Waals surface area contributed by atoms with Crippen molar-refractivity contribution in [3.63, 3.8) is 0 Å². The Hall–Kier alpha value is -3.67. The molecule has 3 rings (SSSR count). The number of rotatable bonds is 6. The number of hydrogen-bond donors (Lipinski definition) is 3. The Bertz CT molecular complexity index is 1010. The lowest BCUT2D eigenvalue weighted by molar-refractivity contribution is -0.123. The molecule has 0 saturated carbocycles. The summed E-state index contributed by atoms with van der Waals surface area (Å²) in [5, 5.41) is 7.25. The summed E-state index contributed by atoms with van der Waals surface area (Å²) in [6, 6.07) is 20.0. The molecule has 0 bridgehead atoms. The minimum absolute atomic E-state index is 0.173. The summed E-state index contributed by atoms with van der Waals surface area (Å²) in [4.78, 5) is 35.7. The average Bonchev–Trinajstić information content (AvgIpc) is 2.67. The fourth-order valence-corrected chi connectivity index (χ4v) is 2.86.